The number of nitrogens with zero attached hydrogens (tertiary/aromatic N) is 3. The lowest BCUT2D eigenvalue weighted by Crippen LogP contribution is -2.36. The summed E-state index contributed by atoms with van der Waals surface area (Å²) in [4.78, 5) is 17.7. The molecule has 124 valence electrons. The van der Waals surface area contributed by atoms with Gasteiger partial charge in [-0.1, -0.05) is 35.3 Å². The maximum Gasteiger partial charge on any atom is 0.120 e. The first-order valence-electron chi connectivity index (χ1n) is 7.84. The van der Waals surface area contributed by atoms with E-state index in [1.165, 1.54) is 0 Å². The van der Waals surface area contributed by atoms with E-state index in [2.05, 4.69) is 24.8 Å². The van der Waals surface area contributed by atoms with E-state index in [1.807, 2.05) is 25.3 Å². The Balaban J connectivity index is 1.80. The van der Waals surface area contributed by atoms with Crippen LogP contribution in [0.3, 0.4) is 0 Å². The fourth-order valence-electron chi connectivity index (χ4n) is 3.29. The number of aromatic amines is 2. The van der Waals surface area contributed by atoms with E-state index in [1.54, 1.807) is 12.5 Å². The molecule has 1 atom stereocenters. The molecule has 0 bridgehead atoms. The third-order valence-electron chi connectivity index (χ3n) is 4.53. The van der Waals surface area contributed by atoms with Crippen molar-refractivity contribution in [1.82, 2.24) is 24.8 Å². The molecule has 0 spiro atoms. The smallest absolute Gasteiger partial charge is 0.120 e. The van der Waals surface area contributed by atoms with Crippen LogP contribution in [0.1, 0.15) is 34.4 Å². The quantitative estimate of drug-likeness (QED) is 0.743. The van der Waals surface area contributed by atoms with E-state index < -0.39 is 0 Å². The molecule has 0 fully saturated rings. The predicted octanol–water partition coefficient (Wildman–Crippen LogP) is 3.90. The van der Waals surface area contributed by atoms with Crippen LogP contribution < -0.4 is 0 Å². The van der Waals surface area contributed by atoms with Gasteiger partial charge in [-0.15, -0.1) is 0 Å². The summed E-state index contributed by atoms with van der Waals surface area (Å²) in [5, 5.41) is 1.21. The SMILES string of the molecule is Cc1ccc([C@@H]2c3nc[nH]c3CCN2Cc2ncc[nH]2)c(Cl)c1Cl. The van der Waals surface area contributed by atoms with Crippen molar-refractivity contribution in [3.8, 4) is 0 Å². The Morgan fingerprint density at radius 2 is 2.08 bits per heavy atom. The number of halogens is 2. The zero-order chi connectivity index (χ0) is 16.7. The molecular weight excluding hydrogens is 345 g/mol. The first-order valence-corrected chi connectivity index (χ1v) is 8.59. The minimum absolute atomic E-state index is 0.0456. The molecule has 3 heterocycles. The molecule has 0 saturated heterocycles. The van der Waals surface area contributed by atoms with Crippen molar-refractivity contribution in [3.05, 3.63) is 69.2 Å². The minimum Gasteiger partial charge on any atom is -0.348 e. The number of hydrogen-bond acceptors (Lipinski definition) is 3. The normalized spacial score (nSPS) is 17.9. The van der Waals surface area contributed by atoms with Crippen LogP contribution in [-0.4, -0.2) is 31.4 Å². The molecule has 0 radical (unpaired) electrons. The highest BCUT2D eigenvalue weighted by Gasteiger charge is 2.33. The number of hydrogen-bond donors (Lipinski definition) is 2. The molecule has 0 aliphatic carbocycles. The average molecular weight is 362 g/mol. The van der Waals surface area contributed by atoms with Gasteiger partial charge in [-0.05, 0) is 18.1 Å². The van der Waals surface area contributed by atoms with Crippen molar-refractivity contribution in [2.24, 2.45) is 0 Å². The van der Waals surface area contributed by atoms with E-state index in [9.17, 15) is 0 Å². The number of aromatic nitrogens is 4. The van der Waals surface area contributed by atoms with Crippen molar-refractivity contribution < 1.29 is 0 Å². The number of benzene rings is 1. The number of H-pyrrole nitrogens is 2. The molecule has 1 aliphatic heterocycles. The van der Waals surface area contributed by atoms with Crippen LogP contribution in [-0.2, 0) is 13.0 Å². The number of fused-ring (bicyclic) bond motifs is 1. The molecule has 4 rings (SSSR count). The molecule has 7 heteroatoms. The Morgan fingerprint density at radius 3 is 2.88 bits per heavy atom. The molecule has 5 nitrogen and oxygen atoms in total. The number of rotatable bonds is 3. The van der Waals surface area contributed by atoms with E-state index in [4.69, 9.17) is 23.2 Å². The highest BCUT2D eigenvalue weighted by atomic mass is 35.5. The van der Waals surface area contributed by atoms with Crippen molar-refractivity contribution in [2.75, 3.05) is 6.54 Å². The summed E-state index contributed by atoms with van der Waals surface area (Å²) in [6, 6.07) is 4.01. The maximum absolute atomic E-state index is 6.59. The van der Waals surface area contributed by atoms with E-state index >= 15 is 0 Å². The predicted molar refractivity (Wildman–Crippen MR) is 94.3 cm³/mol. The lowest BCUT2D eigenvalue weighted by Gasteiger charge is -2.35. The number of nitrogens with one attached hydrogen (secondary N) is 2. The van der Waals surface area contributed by atoms with Gasteiger partial charge in [0.05, 0.1) is 34.7 Å². The molecule has 0 amide bonds. The van der Waals surface area contributed by atoms with Crippen LogP contribution in [0.15, 0.2) is 30.9 Å². The summed E-state index contributed by atoms with van der Waals surface area (Å²) in [6.45, 7) is 3.55. The Hall–Kier alpha value is -1.82. The summed E-state index contributed by atoms with van der Waals surface area (Å²) in [5.74, 6) is 0.924. The third kappa shape index (κ3) is 2.62. The second kappa shape index (κ2) is 6.24. The van der Waals surface area contributed by atoms with Gasteiger partial charge in [0.1, 0.15) is 5.82 Å². The first-order chi connectivity index (χ1) is 11.6. The molecular formula is C17H17Cl2N5. The zero-order valence-corrected chi connectivity index (χ0v) is 14.7. The van der Waals surface area contributed by atoms with E-state index in [0.717, 1.165) is 41.3 Å². The van der Waals surface area contributed by atoms with Crippen LogP contribution in [0.5, 0.6) is 0 Å². The van der Waals surface area contributed by atoms with Crippen molar-refractivity contribution in [2.45, 2.75) is 25.9 Å². The summed E-state index contributed by atoms with van der Waals surface area (Å²) in [7, 11) is 0. The molecule has 0 saturated carbocycles. The monoisotopic (exact) mass is 361 g/mol. The van der Waals surface area contributed by atoms with Gasteiger partial charge in [0, 0.05) is 31.1 Å². The molecule has 0 unspecified atom stereocenters. The summed E-state index contributed by atoms with van der Waals surface area (Å²) >= 11 is 13.0. The van der Waals surface area contributed by atoms with Crippen LogP contribution in [0.2, 0.25) is 10.0 Å². The topological polar surface area (TPSA) is 60.6 Å². The van der Waals surface area contributed by atoms with Crippen molar-refractivity contribution in [3.63, 3.8) is 0 Å². The average Bonchev–Trinajstić information content (AvgIpc) is 3.25. The van der Waals surface area contributed by atoms with E-state index in [0.29, 0.717) is 16.6 Å². The van der Waals surface area contributed by atoms with Crippen LogP contribution >= 0.6 is 23.2 Å². The van der Waals surface area contributed by atoms with Crippen LogP contribution in [0.25, 0.3) is 0 Å². The molecule has 3 aromatic rings. The summed E-state index contributed by atoms with van der Waals surface area (Å²) in [5.41, 5.74) is 4.12. The molecule has 24 heavy (non-hydrogen) atoms. The highest BCUT2D eigenvalue weighted by molar-refractivity contribution is 6.43. The Kier molecular flexibility index (Phi) is 4.08. The fourth-order valence-corrected chi connectivity index (χ4v) is 3.78. The fraction of sp³-hybridized carbons (Fsp3) is 0.294. The van der Waals surface area contributed by atoms with Gasteiger partial charge in [-0.2, -0.15) is 0 Å². The second-order valence-corrected chi connectivity index (χ2v) is 6.78. The maximum atomic E-state index is 6.59. The van der Waals surface area contributed by atoms with Gasteiger partial charge in [-0.25, -0.2) is 9.97 Å². The van der Waals surface area contributed by atoms with Crippen LogP contribution in [0.4, 0.5) is 0 Å². The minimum atomic E-state index is -0.0456. The van der Waals surface area contributed by atoms with Gasteiger partial charge in [0.15, 0.2) is 0 Å². The molecule has 1 aliphatic rings. The Labute approximate surface area is 150 Å². The standard InChI is InChI=1S/C17H17Cl2N5/c1-10-2-3-11(15(19)14(10)18)17-16-12(22-9-23-16)4-7-24(17)8-13-20-5-6-21-13/h2-3,5-6,9,17H,4,7-8H2,1H3,(H,20,21)(H,22,23)/t17-/m1/s1. The van der Waals surface area contributed by atoms with Crippen molar-refractivity contribution in [1.29, 1.82) is 0 Å². The lowest BCUT2D eigenvalue weighted by molar-refractivity contribution is 0.196. The van der Waals surface area contributed by atoms with Gasteiger partial charge in [-0.3, -0.25) is 4.90 Å². The zero-order valence-electron chi connectivity index (χ0n) is 13.2. The largest absolute Gasteiger partial charge is 0.348 e. The first kappa shape index (κ1) is 15.7. The third-order valence-corrected chi connectivity index (χ3v) is 5.52. The van der Waals surface area contributed by atoms with Crippen LogP contribution in [0, 0.1) is 6.92 Å². The Morgan fingerprint density at radius 1 is 1.21 bits per heavy atom. The summed E-state index contributed by atoms with van der Waals surface area (Å²) < 4.78 is 0. The van der Waals surface area contributed by atoms with Gasteiger partial charge >= 0.3 is 0 Å². The molecule has 1 aromatic carbocycles. The van der Waals surface area contributed by atoms with Crippen molar-refractivity contribution >= 4 is 23.2 Å². The lowest BCUT2D eigenvalue weighted by atomic mass is 9.94. The van der Waals surface area contributed by atoms with E-state index in [-0.39, 0.29) is 6.04 Å². The number of imidazole rings is 2. The van der Waals surface area contributed by atoms with Gasteiger partial charge < -0.3 is 9.97 Å². The Bertz CT molecular complexity index is 856. The molecule has 2 aromatic heterocycles. The highest BCUT2D eigenvalue weighted by Crippen LogP contribution is 2.40. The number of aryl methyl sites for hydroxylation is 1. The van der Waals surface area contributed by atoms with Gasteiger partial charge in [0.2, 0.25) is 0 Å². The summed E-state index contributed by atoms with van der Waals surface area (Å²) in [6.07, 6.45) is 6.27. The van der Waals surface area contributed by atoms with Gasteiger partial charge in [0.25, 0.3) is 0 Å². The molecule has 2 N–H and O–H groups in total. The second-order valence-electron chi connectivity index (χ2n) is 6.02.